The van der Waals surface area contributed by atoms with Gasteiger partial charge in [0.1, 0.15) is 5.78 Å². The summed E-state index contributed by atoms with van der Waals surface area (Å²) in [5.74, 6) is 1.11. The number of halogens is 1. The second kappa shape index (κ2) is 6.39. The normalized spacial score (nSPS) is 19.5. The summed E-state index contributed by atoms with van der Waals surface area (Å²) in [4.78, 5) is 16.5. The largest absolute Gasteiger partial charge is 0.339 e. The fourth-order valence-corrected chi connectivity index (χ4v) is 2.81. The van der Waals surface area contributed by atoms with Gasteiger partial charge in [0.25, 0.3) is 0 Å². The van der Waals surface area contributed by atoms with Crippen LogP contribution in [-0.2, 0) is 11.2 Å². The SMILES string of the molecule is O=C1CCCCCC1c1nc(Cc2ccc(Cl)cc2)no1. The van der Waals surface area contributed by atoms with Gasteiger partial charge in [-0.1, -0.05) is 41.7 Å². The van der Waals surface area contributed by atoms with E-state index in [1.165, 1.54) is 0 Å². The average Bonchev–Trinajstić information content (AvgIpc) is 2.82. The predicted octanol–water partition coefficient (Wildman–Crippen LogP) is 3.93. The van der Waals surface area contributed by atoms with Gasteiger partial charge in [-0.05, 0) is 30.5 Å². The second-order valence-corrected chi connectivity index (χ2v) is 5.91. The van der Waals surface area contributed by atoms with Gasteiger partial charge in [-0.25, -0.2) is 0 Å². The van der Waals surface area contributed by atoms with Crippen molar-refractivity contribution in [3.05, 3.63) is 46.6 Å². The number of ketones is 1. The van der Waals surface area contributed by atoms with Crippen LogP contribution in [0.5, 0.6) is 0 Å². The Labute approximate surface area is 128 Å². The highest BCUT2D eigenvalue weighted by Gasteiger charge is 2.27. The molecular weight excluding hydrogens is 288 g/mol. The van der Waals surface area contributed by atoms with Gasteiger partial charge in [-0.3, -0.25) is 4.79 Å². The summed E-state index contributed by atoms with van der Waals surface area (Å²) in [6.07, 6.45) is 5.16. The molecule has 0 amide bonds. The summed E-state index contributed by atoms with van der Waals surface area (Å²) < 4.78 is 5.32. The van der Waals surface area contributed by atoms with Crippen molar-refractivity contribution < 1.29 is 9.32 Å². The molecule has 110 valence electrons. The average molecular weight is 305 g/mol. The summed E-state index contributed by atoms with van der Waals surface area (Å²) in [5.41, 5.74) is 1.07. The fourth-order valence-electron chi connectivity index (χ4n) is 2.69. The van der Waals surface area contributed by atoms with E-state index in [2.05, 4.69) is 10.1 Å². The van der Waals surface area contributed by atoms with Crippen LogP contribution < -0.4 is 0 Å². The van der Waals surface area contributed by atoms with Crippen LogP contribution in [0.15, 0.2) is 28.8 Å². The first-order chi connectivity index (χ1) is 10.2. The molecule has 1 aliphatic carbocycles. The lowest BCUT2D eigenvalue weighted by atomic mass is 9.99. The topological polar surface area (TPSA) is 56.0 Å². The quantitative estimate of drug-likeness (QED) is 0.806. The molecule has 21 heavy (non-hydrogen) atoms. The third-order valence-corrected chi connectivity index (χ3v) is 4.11. The number of hydrogen-bond donors (Lipinski definition) is 0. The van der Waals surface area contributed by atoms with Gasteiger partial charge in [0, 0.05) is 17.9 Å². The third kappa shape index (κ3) is 3.50. The lowest BCUT2D eigenvalue weighted by molar-refractivity contribution is -0.120. The maximum absolute atomic E-state index is 12.1. The van der Waals surface area contributed by atoms with Crippen LogP contribution in [0.3, 0.4) is 0 Å². The molecule has 0 aliphatic heterocycles. The van der Waals surface area contributed by atoms with Crippen molar-refractivity contribution in [2.24, 2.45) is 0 Å². The molecular formula is C16H17ClN2O2. The maximum atomic E-state index is 12.1. The molecule has 1 heterocycles. The molecule has 4 nitrogen and oxygen atoms in total. The molecule has 1 fully saturated rings. The summed E-state index contributed by atoms with van der Waals surface area (Å²) >= 11 is 5.86. The summed E-state index contributed by atoms with van der Waals surface area (Å²) in [5, 5.41) is 4.71. The van der Waals surface area contributed by atoms with Crippen molar-refractivity contribution in [1.82, 2.24) is 10.1 Å². The van der Waals surface area contributed by atoms with E-state index in [0.29, 0.717) is 29.6 Å². The first-order valence-corrected chi connectivity index (χ1v) is 7.70. The van der Waals surface area contributed by atoms with E-state index in [9.17, 15) is 4.79 Å². The van der Waals surface area contributed by atoms with Crippen LogP contribution in [0.25, 0.3) is 0 Å². The van der Waals surface area contributed by atoms with E-state index in [1.54, 1.807) is 0 Å². The number of hydrogen-bond acceptors (Lipinski definition) is 4. The van der Waals surface area contributed by atoms with Crippen LogP contribution in [0, 0.1) is 0 Å². The van der Waals surface area contributed by atoms with Crippen molar-refractivity contribution in [3.63, 3.8) is 0 Å². The van der Waals surface area contributed by atoms with E-state index in [4.69, 9.17) is 16.1 Å². The molecule has 2 aromatic rings. The minimum atomic E-state index is -0.209. The van der Waals surface area contributed by atoms with E-state index in [0.717, 1.165) is 31.2 Å². The summed E-state index contributed by atoms with van der Waals surface area (Å²) in [6, 6.07) is 7.56. The lowest BCUT2D eigenvalue weighted by Gasteiger charge is -2.06. The van der Waals surface area contributed by atoms with Gasteiger partial charge in [-0.2, -0.15) is 4.98 Å². The van der Waals surface area contributed by atoms with E-state index < -0.39 is 0 Å². The smallest absolute Gasteiger partial charge is 0.237 e. The Bertz CT molecular complexity index is 621. The van der Waals surface area contributed by atoms with Crippen molar-refractivity contribution in [3.8, 4) is 0 Å². The van der Waals surface area contributed by atoms with Crippen molar-refractivity contribution in [2.75, 3.05) is 0 Å². The molecule has 0 N–H and O–H groups in total. The van der Waals surface area contributed by atoms with Crippen molar-refractivity contribution in [2.45, 2.75) is 44.4 Å². The Morgan fingerprint density at radius 1 is 1.19 bits per heavy atom. The zero-order chi connectivity index (χ0) is 14.7. The molecule has 1 unspecified atom stereocenters. The monoisotopic (exact) mass is 304 g/mol. The number of carbonyl (C=O) groups excluding carboxylic acids is 1. The van der Waals surface area contributed by atoms with E-state index in [1.807, 2.05) is 24.3 Å². The Morgan fingerprint density at radius 3 is 2.81 bits per heavy atom. The van der Waals surface area contributed by atoms with E-state index >= 15 is 0 Å². The first kappa shape index (κ1) is 14.3. The van der Waals surface area contributed by atoms with Gasteiger partial charge >= 0.3 is 0 Å². The first-order valence-electron chi connectivity index (χ1n) is 7.32. The molecule has 1 aliphatic rings. The zero-order valence-corrected chi connectivity index (χ0v) is 12.5. The van der Waals surface area contributed by atoms with Gasteiger partial charge in [-0.15, -0.1) is 0 Å². The van der Waals surface area contributed by atoms with Crippen molar-refractivity contribution in [1.29, 1.82) is 0 Å². The second-order valence-electron chi connectivity index (χ2n) is 5.47. The molecule has 3 rings (SSSR count). The van der Waals surface area contributed by atoms with Gasteiger partial charge in [0.15, 0.2) is 5.82 Å². The van der Waals surface area contributed by atoms with Crippen LogP contribution in [0.4, 0.5) is 0 Å². The zero-order valence-electron chi connectivity index (χ0n) is 11.7. The minimum absolute atomic E-state index is 0.209. The van der Waals surface area contributed by atoms with E-state index in [-0.39, 0.29) is 11.7 Å². The maximum Gasteiger partial charge on any atom is 0.237 e. The number of nitrogens with zero attached hydrogens (tertiary/aromatic N) is 2. The molecule has 0 saturated heterocycles. The highest BCUT2D eigenvalue weighted by atomic mass is 35.5. The van der Waals surface area contributed by atoms with Gasteiger partial charge < -0.3 is 4.52 Å². The Hall–Kier alpha value is -1.68. The highest BCUT2D eigenvalue weighted by molar-refractivity contribution is 6.30. The summed E-state index contributed by atoms with van der Waals surface area (Å²) in [6.45, 7) is 0. The van der Waals surface area contributed by atoms with Gasteiger partial charge in [0.2, 0.25) is 5.89 Å². The Kier molecular flexibility index (Phi) is 4.34. The van der Waals surface area contributed by atoms with Crippen molar-refractivity contribution >= 4 is 17.4 Å². The molecule has 1 atom stereocenters. The van der Waals surface area contributed by atoms with Crippen LogP contribution in [0.2, 0.25) is 5.02 Å². The van der Waals surface area contributed by atoms with Crippen LogP contribution >= 0.6 is 11.6 Å². The van der Waals surface area contributed by atoms with Gasteiger partial charge in [0.05, 0.1) is 5.92 Å². The summed E-state index contributed by atoms with van der Waals surface area (Å²) in [7, 11) is 0. The molecule has 0 radical (unpaired) electrons. The number of benzene rings is 1. The predicted molar refractivity (Wildman–Crippen MR) is 79.4 cm³/mol. The number of aromatic nitrogens is 2. The number of carbonyl (C=O) groups is 1. The fraction of sp³-hybridized carbons (Fsp3) is 0.438. The lowest BCUT2D eigenvalue weighted by Crippen LogP contribution is -2.10. The molecule has 1 aromatic carbocycles. The van der Waals surface area contributed by atoms with Crippen LogP contribution in [0.1, 0.15) is 55.3 Å². The minimum Gasteiger partial charge on any atom is -0.339 e. The Morgan fingerprint density at radius 2 is 2.00 bits per heavy atom. The molecule has 0 bridgehead atoms. The molecule has 5 heteroatoms. The highest BCUT2D eigenvalue weighted by Crippen LogP contribution is 2.28. The molecule has 1 saturated carbocycles. The number of rotatable bonds is 3. The number of Topliss-reactive ketones (excluding diaryl/α,β-unsaturated/α-hetero) is 1. The van der Waals surface area contributed by atoms with Crippen LogP contribution in [-0.4, -0.2) is 15.9 Å². The third-order valence-electron chi connectivity index (χ3n) is 3.86. The Balaban J connectivity index is 1.73. The molecule has 1 aromatic heterocycles. The molecule has 0 spiro atoms. The standard InChI is InChI=1S/C16H17ClN2O2/c17-12-8-6-11(7-9-12)10-15-18-16(21-19-15)13-4-2-1-3-5-14(13)20/h6-9,13H,1-5,10H2.